The Balaban J connectivity index is 2.09. The van der Waals surface area contributed by atoms with Crippen LogP contribution in [0.4, 0.5) is 5.69 Å². The Morgan fingerprint density at radius 1 is 1.33 bits per heavy atom. The summed E-state index contributed by atoms with van der Waals surface area (Å²) >= 11 is 1.63. The topological polar surface area (TPSA) is 41.1 Å². The van der Waals surface area contributed by atoms with Crippen molar-refractivity contribution in [2.45, 2.75) is 13.5 Å². The molecule has 4 heteroatoms. The lowest BCUT2D eigenvalue weighted by atomic mass is 10.1. The first-order chi connectivity index (χ1) is 8.70. The van der Waals surface area contributed by atoms with Crippen molar-refractivity contribution in [3.63, 3.8) is 0 Å². The van der Waals surface area contributed by atoms with E-state index in [0.717, 1.165) is 16.8 Å². The van der Waals surface area contributed by atoms with Crippen LogP contribution in [-0.4, -0.2) is 13.0 Å². The first-order valence-electron chi connectivity index (χ1n) is 5.78. The Morgan fingerprint density at radius 2 is 2.17 bits per heavy atom. The van der Waals surface area contributed by atoms with Crippen molar-refractivity contribution in [1.29, 1.82) is 0 Å². The summed E-state index contributed by atoms with van der Waals surface area (Å²) in [6.45, 7) is 2.58. The molecule has 0 unspecified atom stereocenters. The Hall–Kier alpha value is -1.81. The van der Waals surface area contributed by atoms with Crippen LogP contribution in [-0.2, 0) is 6.54 Å². The maximum absolute atomic E-state index is 12.1. The van der Waals surface area contributed by atoms with Gasteiger partial charge in [-0.05, 0) is 47.0 Å². The fraction of sp³-hybridized carbons (Fsp3) is 0.214. The molecule has 2 N–H and O–H groups in total. The van der Waals surface area contributed by atoms with Crippen molar-refractivity contribution < 1.29 is 4.79 Å². The molecule has 0 spiro atoms. The zero-order valence-electron chi connectivity index (χ0n) is 10.5. The van der Waals surface area contributed by atoms with E-state index in [4.69, 9.17) is 0 Å². The summed E-state index contributed by atoms with van der Waals surface area (Å²) in [5, 5.41) is 10.0. The molecule has 0 aliphatic heterocycles. The van der Waals surface area contributed by atoms with Gasteiger partial charge in [-0.3, -0.25) is 4.79 Å². The summed E-state index contributed by atoms with van der Waals surface area (Å²) in [6, 6.07) is 7.78. The summed E-state index contributed by atoms with van der Waals surface area (Å²) in [4.78, 5) is 12.1. The Bertz CT molecular complexity index is 535. The fourth-order valence-corrected chi connectivity index (χ4v) is 2.40. The van der Waals surface area contributed by atoms with Gasteiger partial charge in [0.2, 0.25) is 0 Å². The highest BCUT2D eigenvalue weighted by Crippen LogP contribution is 2.17. The summed E-state index contributed by atoms with van der Waals surface area (Å²) in [6.07, 6.45) is 0. The number of amides is 1. The van der Waals surface area contributed by atoms with Gasteiger partial charge in [-0.2, -0.15) is 11.3 Å². The average Bonchev–Trinajstić information content (AvgIpc) is 2.88. The molecule has 1 heterocycles. The molecule has 0 saturated carbocycles. The molecule has 0 bridgehead atoms. The van der Waals surface area contributed by atoms with E-state index in [9.17, 15) is 4.79 Å². The number of rotatable bonds is 4. The van der Waals surface area contributed by atoms with Gasteiger partial charge in [-0.1, -0.05) is 6.07 Å². The molecule has 2 rings (SSSR count). The minimum Gasteiger partial charge on any atom is -0.387 e. The van der Waals surface area contributed by atoms with E-state index in [1.165, 1.54) is 0 Å². The Kier molecular flexibility index (Phi) is 3.99. The zero-order chi connectivity index (χ0) is 13.0. The third-order valence-electron chi connectivity index (χ3n) is 2.72. The lowest BCUT2D eigenvalue weighted by Crippen LogP contribution is -2.23. The van der Waals surface area contributed by atoms with E-state index in [-0.39, 0.29) is 5.91 Å². The van der Waals surface area contributed by atoms with Crippen LogP contribution in [0, 0.1) is 6.92 Å². The van der Waals surface area contributed by atoms with Gasteiger partial charge in [0.1, 0.15) is 0 Å². The molecule has 94 valence electrons. The van der Waals surface area contributed by atoms with Crippen molar-refractivity contribution in [3.05, 3.63) is 51.7 Å². The standard InChI is InChI=1S/C14H16N2OS/c1-10-3-4-12(13(7-10)15-2)14(17)16-8-11-5-6-18-9-11/h3-7,9,15H,8H2,1-2H3,(H,16,17). The van der Waals surface area contributed by atoms with Crippen LogP contribution in [0.25, 0.3) is 0 Å². The number of aryl methyl sites for hydroxylation is 1. The van der Waals surface area contributed by atoms with Gasteiger partial charge in [-0.25, -0.2) is 0 Å². The van der Waals surface area contributed by atoms with E-state index >= 15 is 0 Å². The minimum atomic E-state index is -0.0504. The maximum Gasteiger partial charge on any atom is 0.253 e. The van der Waals surface area contributed by atoms with Crippen LogP contribution < -0.4 is 10.6 Å². The largest absolute Gasteiger partial charge is 0.387 e. The normalized spacial score (nSPS) is 10.1. The second kappa shape index (κ2) is 5.69. The van der Waals surface area contributed by atoms with E-state index in [2.05, 4.69) is 10.6 Å². The molecule has 0 aliphatic rings. The third kappa shape index (κ3) is 2.90. The van der Waals surface area contributed by atoms with Crippen LogP contribution in [0.2, 0.25) is 0 Å². The Labute approximate surface area is 111 Å². The summed E-state index contributed by atoms with van der Waals surface area (Å²) in [7, 11) is 1.82. The molecule has 1 aromatic heterocycles. The van der Waals surface area contributed by atoms with Gasteiger partial charge in [0.25, 0.3) is 5.91 Å². The summed E-state index contributed by atoms with van der Waals surface area (Å²) in [5.41, 5.74) is 3.80. The number of hydrogen-bond acceptors (Lipinski definition) is 3. The van der Waals surface area contributed by atoms with Crippen LogP contribution in [0.1, 0.15) is 21.5 Å². The van der Waals surface area contributed by atoms with Gasteiger partial charge >= 0.3 is 0 Å². The third-order valence-corrected chi connectivity index (χ3v) is 3.45. The number of nitrogens with one attached hydrogen (secondary N) is 2. The van der Waals surface area contributed by atoms with E-state index < -0.39 is 0 Å². The molecule has 0 aliphatic carbocycles. The summed E-state index contributed by atoms with van der Waals surface area (Å²) in [5.74, 6) is -0.0504. The molecule has 3 nitrogen and oxygen atoms in total. The molecule has 0 atom stereocenters. The molecule has 18 heavy (non-hydrogen) atoms. The Morgan fingerprint density at radius 3 is 2.83 bits per heavy atom. The fourth-order valence-electron chi connectivity index (χ4n) is 1.73. The molecule has 0 fully saturated rings. The molecule has 1 amide bonds. The number of benzene rings is 1. The maximum atomic E-state index is 12.1. The zero-order valence-corrected chi connectivity index (χ0v) is 11.3. The van der Waals surface area contributed by atoms with E-state index in [1.54, 1.807) is 11.3 Å². The van der Waals surface area contributed by atoms with Crippen molar-refractivity contribution in [2.75, 3.05) is 12.4 Å². The van der Waals surface area contributed by atoms with E-state index in [0.29, 0.717) is 12.1 Å². The van der Waals surface area contributed by atoms with Gasteiger partial charge in [0.05, 0.1) is 5.56 Å². The van der Waals surface area contributed by atoms with Crippen LogP contribution >= 0.6 is 11.3 Å². The number of hydrogen-bond donors (Lipinski definition) is 2. The van der Waals surface area contributed by atoms with Crippen molar-refractivity contribution in [3.8, 4) is 0 Å². The highest BCUT2D eigenvalue weighted by atomic mass is 32.1. The summed E-state index contributed by atoms with van der Waals surface area (Å²) < 4.78 is 0. The first-order valence-corrected chi connectivity index (χ1v) is 6.72. The van der Waals surface area contributed by atoms with Crippen molar-refractivity contribution in [2.24, 2.45) is 0 Å². The van der Waals surface area contributed by atoms with E-state index in [1.807, 2.05) is 49.0 Å². The second-order valence-electron chi connectivity index (χ2n) is 4.11. The van der Waals surface area contributed by atoms with Gasteiger partial charge in [-0.15, -0.1) is 0 Å². The molecular weight excluding hydrogens is 244 g/mol. The van der Waals surface area contributed by atoms with Crippen LogP contribution in [0.5, 0.6) is 0 Å². The lowest BCUT2D eigenvalue weighted by Gasteiger charge is -2.10. The predicted molar refractivity (Wildman–Crippen MR) is 76.2 cm³/mol. The molecule has 0 radical (unpaired) electrons. The number of carbonyl (C=O) groups is 1. The number of anilines is 1. The number of thiophene rings is 1. The molecular formula is C14H16N2OS. The smallest absolute Gasteiger partial charge is 0.253 e. The lowest BCUT2D eigenvalue weighted by molar-refractivity contribution is 0.0952. The minimum absolute atomic E-state index is 0.0504. The van der Waals surface area contributed by atoms with Crippen LogP contribution in [0.3, 0.4) is 0 Å². The van der Waals surface area contributed by atoms with Crippen molar-refractivity contribution >= 4 is 22.9 Å². The number of carbonyl (C=O) groups excluding carboxylic acids is 1. The van der Waals surface area contributed by atoms with Gasteiger partial charge in [0.15, 0.2) is 0 Å². The predicted octanol–water partition coefficient (Wildman–Crippen LogP) is 3.03. The quantitative estimate of drug-likeness (QED) is 0.887. The SMILES string of the molecule is CNc1cc(C)ccc1C(=O)NCc1ccsc1. The van der Waals surface area contributed by atoms with Gasteiger partial charge in [0, 0.05) is 19.3 Å². The highest BCUT2D eigenvalue weighted by Gasteiger charge is 2.10. The van der Waals surface area contributed by atoms with Crippen molar-refractivity contribution in [1.82, 2.24) is 5.32 Å². The molecule has 2 aromatic rings. The van der Waals surface area contributed by atoms with Gasteiger partial charge < -0.3 is 10.6 Å². The monoisotopic (exact) mass is 260 g/mol. The highest BCUT2D eigenvalue weighted by molar-refractivity contribution is 7.07. The first kappa shape index (κ1) is 12.6. The second-order valence-corrected chi connectivity index (χ2v) is 4.89. The van der Waals surface area contributed by atoms with Crippen LogP contribution in [0.15, 0.2) is 35.0 Å². The molecule has 0 saturated heterocycles. The molecule has 1 aromatic carbocycles. The average molecular weight is 260 g/mol.